The molecular weight excluding hydrogens is 459 g/mol. The summed E-state index contributed by atoms with van der Waals surface area (Å²) in [5, 5.41) is 12.6. The summed E-state index contributed by atoms with van der Waals surface area (Å²) in [5.74, 6) is -1.11. The van der Waals surface area contributed by atoms with Crippen molar-refractivity contribution in [3.8, 4) is 17.7 Å². The number of aromatic nitrogens is 2. The van der Waals surface area contributed by atoms with Crippen LogP contribution in [-0.4, -0.2) is 15.3 Å². The summed E-state index contributed by atoms with van der Waals surface area (Å²) >= 11 is 5.94. The van der Waals surface area contributed by atoms with E-state index in [1.807, 2.05) is 0 Å². The quantitative estimate of drug-likeness (QED) is 0.319. The fraction of sp³-hybridized carbons (Fsp3) is 0.0400. The summed E-state index contributed by atoms with van der Waals surface area (Å²) in [4.78, 5) is 30.5. The summed E-state index contributed by atoms with van der Waals surface area (Å²) in [5.41, 5.74) is 0.405. The molecule has 9 heteroatoms. The lowest BCUT2D eigenvalue weighted by Crippen LogP contribution is -2.20. The topological polar surface area (TPSA) is 96.5 Å². The van der Waals surface area contributed by atoms with Crippen LogP contribution in [0.4, 0.5) is 10.1 Å². The van der Waals surface area contributed by atoms with Gasteiger partial charge < -0.3 is 10.1 Å². The Bertz CT molecular complexity index is 1540. The number of ether oxygens (including phenoxy) is 1. The smallest absolute Gasteiger partial charge is 0.269 e. The molecule has 1 N–H and O–H groups in total. The molecule has 2 aromatic heterocycles. The fourth-order valence-corrected chi connectivity index (χ4v) is 3.36. The lowest BCUT2D eigenvalue weighted by molar-refractivity contribution is -0.112. The number of benzene rings is 2. The molecule has 0 fully saturated rings. The molecule has 2 heterocycles. The maximum atomic E-state index is 13.3. The highest BCUT2D eigenvalue weighted by atomic mass is 35.5. The predicted octanol–water partition coefficient (Wildman–Crippen LogP) is 5.13. The Kier molecular flexibility index (Phi) is 6.39. The first-order valence-corrected chi connectivity index (χ1v) is 10.4. The van der Waals surface area contributed by atoms with E-state index in [4.69, 9.17) is 16.3 Å². The normalized spacial score (nSPS) is 11.2. The lowest BCUT2D eigenvalue weighted by Gasteiger charge is -2.11. The first-order chi connectivity index (χ1) is 16.4. The maximum absolute atomic E-state index is 13.3. The van der Waals surface area contributed by atoms with Crippen LogP contribution in [0, 0.1) is 24.1 Å². The molecule has 4 aromatic rings. The van der Waals surface area contributed by atoms with Crippen LogP contribution in [-0.2, 0) is 4.79 Å². The molecule has 0 radical (unpaired) electrons. The third kappa shape index (κ3) is 4.80. The number of hydrogen-bond acceptors (Lipinski definition) is 5. The average Bonchev–Trinajstić information content (AvgIpc) is 2.81. The van der Waals surface area contributed by atoms with Gasteiger partial charge in [0.05, 0.1) is 0 Å². The molecular formula is C25H16ClFN4O3. The lowest BCUT2D eigenvalue weighted by atomic mass is 10.1. The van der Waals surface area contributed by atoms with E-state index in [0.29, 0.717) is 21.9 Å². The molecule has 0 bridgehead atoms. The van der Waals surface area contributed by atoms with E-state index < -0.39 is 17.3 Å². The standard InChI is InChI=1S/C25H16ClFN4O3/c1-15-4-3-11-31-22(15)30-24(34-20-9-7-18(27)8-10-20)21(25(31)33)12-16(14-28)23(32)29-19-6-2-5-17(26)13-19/h2-13H,1H3,(H,29,32)/b16-12-. The number of anilines is 1. The molecule has 1 amide bonds. The summed E-state index contributed by atoms with van der Waals surface area (Å²) < 4.78 is 20.4. The molecule has 2 aromatic carbocycles. The monoisotopic (exact) mass is 474 g/mol. The zero-order valence-electron chi connectivity index (χ0n) is 17.8. The Morgan fingerprint density at radius 3 is 2.68 bits per heavy atom. The number of rotatable bonds is 5. The highest BCUT2D eigenvalue weighted by Crippen LogP contribution is 2.25. The number of fused-ring (bicyclic) bond motifs is 1. The summed E-state index contributed by atoms with van der Waals surface area (Å²) in [6.07, 6.45) is 2.64. The van der Waals surface area contributed by atoms with Crippen molar-refractivity contribution in [2.24, 2.45) is 0 Å². The molecule has 0 aliphatic carbocycles. The highest BCUT2D eigenvalue weighted by Gasteiger charge is 2.18. The molecule has 0 aliphatic heterocycles. The fourth-order valence-electron chi connectivity index (χ4n) is 3.17. The van der Waals surface area contributed by atoms with Crippen LogP contribution < -0.4 is 15.6 Å². The Morgan fingerprint density at radius 2 is 1.97 bits per heavy atom. The van der Waals surface area contributed by atoms with Crippen molar-refractivity contribution >= 4 is 34.9 Å². The molecule has 0 atom stereocenters. The minimum Gasteiger partial charge on any atom is -0.438 e. The van der Waals surface area contributed by atoms with Gasteiger partial charge in [-0.25, -0.2) is 4.39 Å². The Balaban J connectivity index is 1.83. The average molecular weight is 475 g/mol. The van der Waals surface area contributed by atoms with Crippen LogP contribution in [0.15, 0.2) is 77.2 Å². The number of hydrogen-bond donors (Lipinski definition) is 1. The number of carbonyl (C=O) groups is 1. The van der Waals surface area contributed by atoms with E-state index >= 15 is 0 Å². The molecule has 0 spiro atoms. The van der Waals surface area contributed by atoms with Crippen LogP contribution in [0.25, 0.3) is 11.7 Å². The van der Waals surface area contributed by atoms with Gasteiger partial charge in [-0.2, -0.15) is 10.2 Å². The number of aryl methyl sites for hydroxylation is 1. The van der Waals surface area contributed by atoms with Crippen molar-refractivity contribution in [2.75, 3.05) is 5.32 Å². The van der Waals surface area contributed by atoms with E-state index in [0.717, 1.165) is 6.08 Å². The van der Waals surface area contributed by atoms with Gasteiger partial charge in [-0.1, -0.05) is 23.7 Å². The maximum Gasteiger partial charge on any atom is 0.269 e. The molecule has 0 unspecified atom stereocenters. The number of nitrogens with zero attached hydrogens (tertiary/aromatic N) is 3. The number of pyridine rings is 1. The Labute approximate surface area is 198 Å². The van der Waals surface area contributed by atoms with E-state index in [1.54, 1.807) is 43.3 Å². The second-order valence-electron chi connectivity index (χ2n) is 7.21. The number of nitrogens with one attached hydrogen (secondary N) is 1. The molecule has 0 saturated heterocycles. The number of halogens is 2. The molecule has 168 valence electrons. The van der Waals surface area contributed by atoms with Crippen molar-refractivity contribution in [1.82, 2.24) is 9.38 Å². The van der Waals surface area contributed by atoms with E-state index in [9.17, 15) is 19.2 Å². The molecule has 34 heavy (non-hydrogen) atoms. The zero-order chi connectivity index (χ0) is 24.2. The molecule has 4 rings (SSSR count). The third-order valence-corrected chi connectivity index (χ3v) is 5.05. The van der Waals surface area contributed by atoms with Crippen LogP contribution in [0.3, 0.4) is 0 Å². The van der Waals surface area contributed by atoms with Crippen molar-refractivity contribution in [2.45, 2.75) is 6.92 Å². The Morgan fingerprint density at radius 1 is 1.21 bits per heavy atom. The number of carbonyl (C=O) groups excluding carboxylic acids is 1. The van der Waals surface area contributed by atoms with Crippen LogP contribution in [0.5, 0.6) is 11.6 Å². The molecule has 0 saturated carbocycles. The van der Waals surface area contributed by atoms with Gasteiger partial charge in [0.1, 0.15) is 34.4 Å². The van der Waals surface area contributed by atoms with Crippen molar-refractivity contribution in [3.63, 3.8) is 0 Å². The second-order valence-corrected chi connectivity index (χ2v) is 7.65. The predicted molar refractivity (Wildman–Crippen MR) is 126 cm³/mol. The van der Waals surface area contributed by atoms with Crippen molar-refractivity contribution < 1.29 is 13.9 Å². The largest absolute Gasteiger partial charge is 0.438 e. The SMILES string of the molecule is Cc1cccn2c(=O)c(/C=C(/C#N)C(=O)Nc3cccc(Cl)c3)c(Oc3ccc(F)cc3)nc12. The van der Waals surface area contributed by atoms with Crippen molar-refractivity contribution in [3.05, 3.63) is 105 Å². The van der Waals surface area contributed by atoms with Crippen molar-refractivity contribution in [1.29, 1.82) is 5.26 Å². The van der Waals surface area contributed by atoms with Gasteiger partial charge in [0.25, 0.3) is 11.5 Å². The van der Waals surface area contributed by atoms with Crippen LogP contribution >= 0.6 is 11.6 Å². The molecule has 7 nitrogen and oxygen atoms in total. The van der Waals surface area contributed by atoms with Crippen LogP contribution in [0.2, 0.25) is 5.02 Å². The van der Waals surface area contributed by atoms with Gasteiger partial charge in [-0.3, -0.25) is 14.0 Å². The van der Waals surface area contributed by atoms with Gasteiger partial charge in [-0.05, 0) is 67.1 Å². The summed E-state index contributed by atoms with van der Waals surface area (Å²) in [6.45, 7) is 1.78. The highest BCUT2D eigenvalue weighted by molar-refractivity contribution is 6.31. The zero-order valence-corrected chi connectivity index (χ0v) is 18.5. The summed E-state index contributed by atoms with van der Waals surface area (Å²) in [7, 11) is 0. The van der Waals surface area contributed by atoms with E-state index in [1.165, 1.54) is 40.9 Å². The first kappa shape index (κ1) is 22.7. The minimum atomic E-state index is -0.744. The van der Waals surface area contributed by atoms with E-state index in [2.05, 4.69) is 10.3 Å². The van der Waals surface area contributed by atoms with Gasteiger partial charge in [-0.15, -0.1) is 0 Å². The number of amides is 1. The van der Waals surface area contributed by atoms with Gasteiger partial charge in [0.15, 0.2) is 0 Å². The summed E-state index contributed by atoms with van der Waals surface area (Å²) in [6, 6.07) is 16.8. The van der Waals surface area contributed by atoms with Gasteiger partial charge in [0.2, 0.25) is 5.88 Å². The Hall–Kier alpha value is -4.48. The van der Waals surface area contributed by atoms with Gasteiger partial charge in [0, 0.05) is 16.9 Å². The number of nitriles is 1. The molecule has 0 aliphatic rings. The first-order valence-electron chi connectivity index (χ1n) is 10.00. The van der Waals surface area contributed by atoms with Gasteiger partial charge >= 0.3 is 0 Å². The minimum absolute atomic E-state index is 0.120. The third-order valence-electron chi connectivity index (χ3n) is 4.81. The van der Waals surface area contributed by atoms with E-state index in [-0.39, 0.29) is 22.8 Å². The second kappa shape index (κ2) is 9.57. The van der Waals surface area contributed by atoms with Crippen LogP contribution in [0.1, 0.15) is 11.1 Å².